The van der Waals surface area contributed by atoms with Crippen molar-refractivity contribution in [1.29, 1.82) is 0 Å². The van der Waals surface area contributed by atoms with E-state index in [9.17, 15) is 4.79 Å². The van der Waals surface area contributed by atoms with Gasteiger partial charge < -0.3 is 4.74 Å². The maximum atomic E-state index is 11.6. The Morgan fingerprint density at radius 1 is 1.32 bits per heavy atom. The van der Waals surface area contributed by atoms with Crippen molar-refractivity contribution >= 4 is 11.8 Å². The van der Waals surface area contributed by atoms with Crippen LogP contribution in [0.4, 0.5) is 10.5 Å². The summed E-state index contributed by atoms with van der Waals surface area (Å²) < 4.78 is 5.26. The van der Waals surface area contributed by atoms with E-state index in [0.717, 1.165) is 24.1 Å². The van der Waals surface area contributed by atoms with Crippen LogP contribution in [0.25, 0.3) is 0 Å². The number of unbranched alkanes of at least 4 members (excludes halogenated alkanes) is 1. The molecular formula is C16H24NO2. The molecule has 0 heterocycles. The lowest BCUT2D eigenvalue weighted by Gasteiger charge is -2.15. The van der Waals surface area contributed by atoms with Crippen LogP contribution < -0.4 is 5.32 Å². The van der Waals surface area contributed by atoms with E-state index in [0.29, 0.717) is 12.5 Å². The molecular weight excluding hydrogens is 238 g/mol. The Morgan fingerprint density at radius 3 is 2.58 bits per heavy atom. The van der Waals surface area contributed by atoms with Gasteiger partial charge in [-0.1, -0.05) is 45.2 Å². The molecule has 0 aliphatic rings. The Kier molecular flexibility index (Phi) is 7.01. The molecule has 1 unspecified atom stereocenters. The fraction of sp³-hybridized carbons (Fsp3) is 0.500. The highest BCUT2D eigenvalue weighted by Gasteiger charge is 2.09. The van der Waals surface area contributed by atoms with E-state index in [1.54, 1.807) is 0 Å². The van der Waals surface area contributed by atoms with Crippen LogP contribution in [0.3, 0.4) is 0 Å². The van der Waals surface area contributed by atoms with Crippen molar-refractivity contribution in [2.75, 3.05) is 11.9 Å². The van der Waals surface area contributed by atoms with E-state index < -0.39 is 0 Å². The highest BCUT2D eigenvalue weighted by molar-refractivity contribution is 5.84. The molecule has 1 radical (unpaired) electrons. The SMILES string of the molecule is [CH2]c1ccc(NC(=O)OCC(CC)CCCC)cc1. The average molecular weight is 262 g/mol. The zero-order chi connectivity index (χ0) is 14.1. The maximum absolute atomic E-state index is 11.6. The van der Waals surface area contributed by atoms with E-state index in [2.05, 4.69) is 26.1 Å². The largest absolute Gasteiger partial charge is 0.449 e. The van der Waals surface area contributed by atoms with E-state index in [-0.39, 0.29) is 6.09 Å². The fourth-order valence-electron chi connectivity index (χ4n) is 1.83. The van der Waals surface area contributed by atoms with E-state index >= 15 is 0 Å². The van der Waals surface area contributed by atoms with Crippen LogP contribution >= 0.6 is 0 Å². The predicted molar refractivity (Wildman–Crippen MR) is 79.2 cm³/mol. The summed E-state index contributed by atoms with van der Waals surface area (Å²) >= 11 is 0. The monoisotopic (exact) mass is 262 g/mol. The van der Waals surface area contributed by atoms with Crippen LogP contribution in [0.2, 0.25) is 0 Å². The van der Waals surface area contributed by atoms with E-state index in [1.165, 1.54) is 12.8 Å². The smallest absolute Gasteiger partial charge is 0.411 e. The molecule has 1 N–H and O–H groups in total. The highest BCUT2D eigenvalue weighted by Crippen LogP contribution is 2.14. The van der Waals surface area contributed by atoms with Crippen LogP contribution in [0, 0.1) is 12.8 Å². The standard InChI is InChI=1S/C16H24NO2/c1-4-6-7-14(5-2)12-19-16(18)17-15-10-8-13(3)9-11-15/h8-11,14H,3-7,12H2,1-2H3,(H,17,18). The van der Waals surface area contributed by atoms with Crippen molar-refractivity contribution in [2.24, 2.45) is 5.92 Å². The molecule has 1 rings (SSSR count). The minimum atomic E-state index is -0.383. The lowest BCUT2D eigenvalue weighted by molar-refractivity contribution is 0.136. The summed E-state index contributed by atoms with van der Waals surface area (Å²) in [5.74, 6) is 0.466. The summed E-state index contributed by atoms with van der Waals surface area (Å²) in [7, 11) is 0. The van der Waals surface area contributed by atoms with Gasteiger partial charge in [-0.05, 0) is 37.0 Å². The second-order valence-electron chi connectivity index (χ2n) is 4.84. The van der Waals surface area contributed by atoms with Gasteiger partial charge in [0.25, 0.3) is 0 Å². The van der Waals surface area contributed by atoms with Crippen molar-refractivity contribution in [3.63, 3.8) is 0 Å². The molecule has 0 saturated heterocycles. The van der Waals surface area contributed by atoms with Gasteiger partial charge in [-0.15, -0.1) is 0 Å². The van der Waals surface area contributed by atoms with Crippen molar-refractivity contribution in [2.45, 2.75) is 39.5 Å². The van der Waals surface area contributed by atoms with Gasteiger partial charge in [0, 0.05) is 5.69 Å². The van der Waals surface area contributed by atoms with Crippen molar-refractivity contribution in [1.82, 2.24) is 0 Å². The average Bonchev–Trinajstić information content (AvgIpc) is 2.42. The fourth-order valence-corrected chi connectivity index (χ4v) is 1.83. The zero-order valence-corrected chi connectivity index (χ0v) is 11.9. The minimum Gasteiger partial charge on any atom is -0.449 e. The molecule has 0 saturated carbocycles. The van der Waals surface area contributed by atoms with Gasteiger partial charge >= 0.3 is 6.09 Å². The van der Waals surface area contributed by atoms with Gasteiger partial charge in [-0.25, -0.2) is 4.79 Å². The Morgan fingerprint density at radius 2 is 2.00 bits per heavy atom. The van der Waals surface area contributed by atoms with Gasteiger partial charge in [0.15, 0.2) is 0 Å². The van der Waals surface area contributed by atoms with Gasteiger partial charge in [-0.2, -0.15) is 0 Å². The molecule has 105 valence electrons. The second-order valence-corrected chi connectivity index (χ2v) is 4.84. The lowest BCUT2D eigenvalue weighted by atomic mass is 10.0. The molecule has 0 spiro atoms. The van der Waals surface area contributed by atoms with Crippen LogP contribution in [-0.4, -0.2) is 12.7 Å². The molecule has 3 heteroatoms. The Hall–Kier alpha value is -1.51. The van der Waals surface area contributed by atoms with Gasteiger partial charge in [-0.3, -0.25) is 5.32 Å². The van der Waals surface area contributed by atoms with Crippen LogP contribution in [0.5, 0.6) is 0 Å². The molecule has 0 aliphatic heterocycles. The summed E-state index contributed by atoms with van der Waals surface area (Å²) in [6.45, 7) is 8.60. The summed E-state index contributed by atoms with van der Waals surface area (Å²) in [5.41, 5.74) is 1.66. The van der Waals surface area contributed by atoms with E-state index in [1.807, 2.05) is 24.3 Å². The number of anilines is 1. The first-order chi connectivity index (χ1) is 9.15. The second kappa shape index (κ2) is 8.57. The highest BCUT2D eigenvalue weighted by atomic mass is 16.5. The number of amides is 1. The van der Waals surface area contributed by atoms with Crippen LogP contribution in [0.1, 0.15) is 45.1 Å². The number of benzene rings is 1. The maximum Gasteiger partial charge on any atom is 0.411 e. The quantitative estimate of drug-likeness (QED) is 0.777. The number of hydrogen-bond donors (Lipinski definition) is 1. The number of carbonyl (C=O) groups excluding carboxylic acids is 1. The number of carbonyl (C=O) groups is 1. The molecule has 19 heavy (non-hydrogen) atoms. The zero-order valence-electron chi connectivity index (χ0n) is 11.9. The molecule has 0 aromatic heterocycles. The third kappa shape index (κ3) is 6.27. The predicted octanol–water partition coefficient (Wildman–Crippen LogP) is 4.63. The molecule has 1 aromatic carbocycles. The summed E-state index contributed by atoms with van der Waals surface area (Å²) in [6, 6.07) is 7.34. The number of hydrogen-bond acceptors (Lipinski definition) is 2. The molecule has 1 aromatic rings. The Balaban J connectivity index is 2.32. The summed E-state index contributed by atoms with van der Waals surface area (Å²) in [6.07, 6.45) is 4.15. The first kappa shape index (κ1) is 15.5. The number of rotatable bonds is 7. The van der Waals surface area contributed by atoms with E-state index in [4.69, 9.17) is 4.74 Å². The number of ether oxygens (including phenoxy) is 1. The first-order valence-corrected chi connectivity index (χ1v) is 7.01. The first-order valence-electron chi connectivity index (χ1n) is 7.01. The van der Waals surface area contributed by atoms with Gasteiger partial charge in [0.1, 0.15) is 0 Å². The normalized spacial score (nSPS) is 11.9. The molecule has 1 atom stereocenters. The third-order valence-electron chi connectivity index (χ3n) is 3.19. The molecule has 0 fully saturated rings. The minimum absolute atomic E-state index is 0.383. The Labute approximate surface area is 116 Å². The Bertz CT molecular complexity index is 373. The topological polar surface area (TPSA) is 38.3 Å². The molecule has 1 amide bonds. The number of nitrogens with one attached hydrogen (secondary N) is 1. The molecule has 3 nitrogen and oxygen atoms in total. The lowest BCUT2D eigenvalue weighted by Crippen LogP contribution is -2.18. The van der Waals surface area contributed by atoms with Crippen molar-refractivity contribution in [3.05, 3.63) is 36.8 Å². The third-order valence-corrected chi connectivity index (χ3v) is 3.19. The summed E-state index contributed by atoms with van der Waals surface area (Å²) in [4.78, 5) is 11.6. The van der Waals surface area contributed by atoms with Crippen LogP contribution in [-0.2, 0) is 4.74 Å². The van der Waals surface area contributed by atoms with Gasteiger partial charge in [0.05, 0.1) is 6.61 Å². The molecule has 0 bridgehead atoms. The van der Waals surface area contributed by atoms with Crippen molar-refractivity contribution in [3.8, 4) is 0 Å². The van der Waals surface area contributed by atoms with Crippen molar-refractivity contribution < 1.29 is 9.53 Å². The van der Waals surface area contributed by atoms with Crippen LogP contribution in [0.15, 0.2) is 24.3 Å². The summed E-state index contributed by atoms with van der Waals surface area (Å²) in [5, 5.41) is 2.72. The molecule has 0 aliphatic carbocycles. The van der Waals surface area contributed by atoms with Gasteiger partial charge in [0.2, 0.25) is 0 Å².